The molecule has 4 N–H and O–H groups in total. The topological polar surface area (TPSA) is 74.3 Å². The van der Waals surface area contributed by atoms with E-state index in [4.69, 9.17) is 22.7 Å². The Morgan fingerprint density at radius 2 is 2.36 bits per heavy atom. The lowest BCUT2D eigenvalue weighted by atomic mass is 10.2. The van der Waals surface area contributed by atoms with Crippen LogP contribution in [-0.4, -0.2) is 12.2 Å². The van der Waals surface area contributed by atoms with Crippen molar-refractivity contribution >= 4 is 23.8 Å². The van der Waals surface area contributed by atoms with Gasteiger partial charge in [-0.1, -0.05) is 17.7 Å². The Hall–Kier alpha value is -1.62. The van der Waals surface area contributed by atoms with Gasteiger partial charge in [0.1, 0.15) is 5.82 Å². The number of halogens is 2. The molecule has 0 saturated carbocycles. The van der Waals surface area contributed by atoms with Crippen molar-refractivity contribution in [1.29, 1.82) is 5.41 Å². The highest BCUT2D eigenvalue weighted by Crippen LogP contribution is 2.16. The van der Waals surface area contributed by atoms with Gasteiger partial charge in [0.2, 0.25) is 5.96 Å². The van der Waals surface area contributed by atoms with Gasteiger partial charge in [0.15, 0.2) is 0 Å². The van der Waals surface area contributed by atoms with Crippen LogP contribution in [0.2, 0.25) is 5.02 Å². The molecule has 0 spiro atoms. The van der Waals surface area contributed by atoms with Gasteiger partial charge in [0, 0.05) is 5.56 Å². The van der Waals surface area contributed by atoms with E-state index >= 15 is 0 Å². The van der Waals surface area contributed by atoms with Gasteiger partial charge in [-0.25, -0.2) is 9.82 Å². The number of nitrogens with two attached hydrogens (primary N) is 1. The second-order valence-corrected chi connectivity index (χ2v) is 2.83. The van der Waals surface area contributed by atoms with Crippen molar-refractivity contribution in [2.45, 2.75) is 0 Å². The monoisotopic (exact) mass is 214 g/mol. The summed E-state index contributed by atoms with van der Waals surface area (Å²) >= 11 is 5.70. The van der Waals surface area contributed by atoms with Gasteiger partial charge in [0.25, 0.3) is 0 Å². The summed E-state index contributed by atoms with van der Waals surface area (Å²) in [4.78, 5) is 0. The van der Waals surface area contributed by atoms with Crippen LogP contribution in [0.25, 0.3) is 0 Å². The summed E-state index contributed by atoms with van der Waals surface area (Å²) in [5.41, 5.74) is 7.27. The molecule has 0 aliphatic heterocycles. The molecule has 1 rings (SSSR count). The van der Waals surface area contributed by atoms with Crippen molar-refractivity contribution in [3.8, 4) is 0 Å². The Morgan fingerprint density at radius 1 is 1.64 bits per heavy atom. The summed E-state index contributed by atoms with van der Waals surface area (Å²) < 4.78 is 13.1. The molecular formula is C8H8ClFN4. The first kappa shape index (κ1) is 10.5. The number of guanidine groups is 1. The molecule has 1 aromatic carbocycles. The van der Waals surface area contributed by atoms with E-state index in [1.54, 1.807) is 6.07 Å². The molecule has 4 nitrogen and oxygen atoms in total. The number of nitrogens with zero attached hydrogens (tertiary/aromatic N) is 1. The average molecular weight is 215 g/mol. The third-order valence-corrected chi connectivity index (χ3v) is 1.71. The first-order chi connectivity index (χ1) is 6.61. The highest BCUT2D eigenvalue weighted by molar-refractivity contribution is 6.33. The number of hydrogen-bond acceptors (Lipinski definition) is 2. The van der Waals surface area contributed by atoms with E-state index in [-0.39, 0.29) is 16.5 Å². The largest absolute Gasteiger partial charge is 0.369 e. The molecule has 0 unspecified atom stereocenters. The van der Waals surface area contributed by atoms with E-state index in [9.17, 15) is 4.39 Å². The van der Waals surface area contributed by atoms with E-state index in [2.05, 4.69) is 10.5 Å². The van der Waals surface area contributed by atoms with Gasteiger partial charge in [-0.3, -0.25) is 5.41 Å². The Balaban J connectivity index is 2.85. The third kappa shape index (κ3) is 2.70. The number of rotatable bonds is 2. The molecule has 0 amide bonds. The van der Waals surface area contributed by atoms with Crippen molar-refractivity contribution in [3.63, 3.8) is 0 Å². The second kappa shape index (κ2) is 4.57. The normalized spacial score (nSPS) is 10.4. The predicted octanol–water partition coefficient (Wildman–Crippen LogP) is 1.30. The smallest absolute Gasteiger partial charge is 0.206 e. The van der Waals surface area contributed by atoms with Crippen LogP contribution in [0.5, 0.6) is 0 Å². The SMILES string of the molecule is N=C(N)N/N=C/c1c(F)cccc1Cl. The zero-order chi connectivity index (χ0) is 10.6. The highest BCUT2D eigenvalue weighted by Gasteiger charge is 2.02. The molecule has 0 saturated heterocycles. The van der Waals surface area contributed by atoms with Gasteiger partial charge < -0.3 is 5.73 Å². The van der Waals surface area contributed by atoms with E-state index in [1.807, 2.05) is 0 Å². The molecule has 0 atom stereocenters. The fraction of sp³-hybridized carbons (Fsp3) is 0. The number of benzene rings is 1. The molecule has 74 valence electrons. The van der Waals surface area contributed by atoms with Gasteiger partial charge in [-0.05, 0) is 12.1 Å². The Morgan fingerprint density at radius 3 is 2.93 bits per heavy atom. The van der Waals surface area contributed by atoms with Crippen LogP contribution in [0.4, 0.5) is 4.39 Å². The Labute approximate surface area is 85.1 Å². The maximum atomic E-state index is 13.1. The molecule has 0 radical (unpaired) electrons. The van der Waals surface area contributed by atoms with Crippen molar-refractivity contribution in [2.24, 2.45) is 10.8 Å². The fourth-order valence-corrected chi connectivity index (χ4v) is 1.01. The van der Waals surface area contributed by atoms with Crippen molar-refractivity contribution in [1.82, 2.24) is 5.43 Å². The molecule has 0 heterocycles. The van der Waals surface area contributed by atoms with E-state index in [1.165, 1.54) is 18.3 Å². The quantitative estimate of drug-likeness (QED) is 0.394. The summed E-state index contributed by atoms with van der Waals surface area (Å²) in [7, 11) is 0. The molecule has 0 fully saturated rings. The van der Waals surface area contributed by atoms with Crippen LogP contribution in [0, 0.1) is 11.2 Å². The van der Waals surface area contributed by atoms with Gasteiger partial charge >= 0.3 is 0 Å². The van der Waals surface area contributed by atoms with Gasteiger partial charge in [0.05, 0.1) is 11.2 Å². The number of hydrogen-bond donors (Lipinski definition) is 3. The van der Waals surface area contributed by atoms with Crippen LogP contribution in [0.3, 0.4) is 0 Å². The lowest BCUT2D eigenvalue weighted by Gasteiger charge is -1.99. The standard InChI is InChI=1S/C8H8ClFN4/c9-6-2-1-3-7(10)5(6)4-13-14-8(11)12/h1-4H,(H4,11,12,14)/b13-4+. The second-order valence-electron chi connectivity index (χ2n) is 2.42. The van der Waals surface area contributed by atoms with Crippen molar-refractivity contribution < 1.29 is 4.39 Å². The maximum absolute atomic E-state index is 13.1. The van der Waals surface area contributed by atoms with Gasteiger partial charge in [-0.2, -0.15) is 5.10 Å². The number of hydrazone groups is 1. The molecule has 0 aromatic heterocycles. The lowest BCUT2D eigenvalue weighted by Crippen LogP contribution is -2.25. The first-order valence-electron chi connectivity index (χ1n) is 3.68. The fourth-order valence-electron chi connectivity index (χ4n) is 0.800. The highest BCUT2D eigenvalue weighted by atomic mass is 35.5. The molecule has 0 bridgehead atoms. The van der Waals surface area contributed by atoms with E-state index in [0.717, 1.165) is 0 Å². The minimum absolute atomic E-state index is 0.155. The zero-order valence-corrected chi connectivity index (χ0v) is 7.85. The predicted molar refractivity (Wildman–Crippen MR) is 54.1 cm³/mol. The molecule has 14 heavy (non-hydrogen) atoms. The Bertz CT molecular complexity index is 357. The molecule has 0 aliphatic carbocycles. The summed E-state index contributed by atoms with van der Waals surface area (Å²) in [6.45, 7) is 0. The number of nitrogens with one attached hydrogen (secondary N) is 2. The Kier molecular flexibility index (Phi) is 3.41. The minimum Gasteiger partial charge on any atom is -0.369 e. The van der Waals surface area contributed by atoms with Crippen LogP contribution in [0.1, 0.15) is 5.56 Å². The lowest BCUT2D eigenvalue weighted by molar-refractivity contribution is 0.626. The summed E-state index contributed by atoms with van der Waals surface area (Å²) in [6, 6.07) is 4.30. The van der Waals surface area contributed by atoms with Gasteiger partial charge in [-0.15, -0.1) is 0 Å². The van der Waals surface area contributed by atoms with E-state index in [0.29, 0.717) is 0 Å². The zero-order valence-electron chi connectivity index (χ0n) is 7.09. The molecular weight excluding hydrogens is 207 g/mol. The first-order valence-corrected chi connectivity index (χ1v) is 4.06. The van der Waals surface area contributed by atoms with Crippen molar-refractivity contribution in [3.05, 3.63) is 34.6 Å². The van der Waals surface area contributed by atoms with Crippen LogP contribution < -0.4 is 11.2 Å². The minimum atomic E-state index is -0.480. The van der Waals surface area contributed by atoms with Crippen molar-refractivity contribution in [2.75, 3.05) is 0 Å². The molecule has 1 aromatic rings. The van der Waals surface area contributed by atoms with Crippen LogP contribution in [-0.2, 0) is 0 Å². The van der Waals surface area contributed by atoms with Crippen LogP contribution >= 0.6 is 11.6 Å². The van der Waals surface area contributed by atoms with Crippen LogP contribution in [0.15, 0.2) is 23.3 Å². The average Bonchev–Trinajstić information content (AvgIpc) is 2.09. The summed E-state index contributed by atoms with van der Waals surface area (Å²) in [5.74, 6) is -0.805. The van der Waals surface area contributed by atoms with E-state index < -0.39 is 5.82 Å². The summed E-state index contributed by atoms with van der Waals surface area (Å²) in [6.07, 6.45) is 1.17. The molecule has 0 aliphatic rings. The third-order valence-electron chi connectivity index (χ3n) is 1.38. The summed E-state index contributed by atoms with van der Waals surface area (Å²) in [5, 5.41) is 10.6. The molecule has 6 heteroatoms. The maximum Gasteiger partial charge on any atom is 0.206 e.